The third-order valence-electron chi connectivity index (χ3n) is 3.32. The van der Waals surface area contributed by atoms with Crippen molar-refractivity contribution in [1.29, 1.82) is 0 Å². The summed E-state index contributed by atoms with van der Waals surface area (Å²) in [5.41, 5.74) is 2.57. The molecule has 4 nitrogen and oxygen atoms in total. The molecule has 0 spiro atoms. The van der Waals surface area contributed by atoms with Crippen molar-refractivity contribution >= 4 is 5.91 Å². The zero-order valence-corrected chi connectivity index (χ0v) is 11.4. The maximum absolute atomic E-state index is 12.2. The molecule has 0 atom stereocenters. The maximum Gasteiger partial charge on any atom is 0.274 e. The molecule has 0 aliphatic carbocycles. The van der Waals surface area contributed by atoms with Crippen molar-refractivity contribution in [1.82, 2.24) is 15.1 Å². The normalized spacial score (nSPS) is 15.4. The summed E-state index contributed by atoms with van der Waals surface area (Å²) in [6, 6.07) is 1.92. The zero-order valence-electron chi connectivity index (χ0n) is 11.4. The Morgan fingerprint density at radius 2 is 2.00 bits per heavy atom. The first kappa shape index (κ1) is 13.0. The average molecular weight is 247 g/mol. The van der Waals surface area contributed by atoms with E-state index in [1.54, 1.807) is 0 Å². The summed E-state index contributed by atoms with van der Waals surface area (Å²) in [6.45, 7) is 8.00. The first-order valence-electron chi connectivity index (χ1n) is 6.70. The van der Waals surface area contributed by atoms with Crippen LogP contribution in [0.25, 0.3) is 0 Å². The van der Waals surface area contributed by atoms with Gasteiger partial charge in [0.1, 0.15) is 0 Å². The standard InChI is InChI=1S/C14H21N3O/c1-10(2)8-12-9-13(16-15-11(12)3)14(18)17-6-4-5-7-17/h9-10H,4-8H2,1-3H3. The van der Waals surface area contributed by atoms with E-state index in [1.807, 2.05) is 17.9 Å². The maximum atomic E-state index is 12.2. The molecule has 1 saturated heterocycles. The number of rotatable bonds is 3. The fourth-order valence-corrected chi connectivity index (χ4v) is 2.32. The van der Waals surface area contributed by atoms with E-state index in [0.29, 0.717) is 11.6 Å². The number of carbonyl (C=O) groups excluding carboxylic acids is 1. The molecule has 2 rings (SSSR count). The Balaban J connectivity index is 2.20. The molecule has 0 saturated carbocycles. The van der Waals surface area contributed by atoms with Crippen molar-refractivity contribution in [2.75, 3.05) is 13.1 Å². The summed E-state index contributed by atoms with van der Waals surface area (Å²) in [4.78, 5) is 14.1. The molecule has 1 aromatic rings. The van der Waals surface area contributed by atoms with Gasteiger partial charge in [-0.05, 0) is 43.7 Å². The molecule has 0 bridgehead atoms. The quantitative estimate of drug-likeness (QED) is 0.822. The average Bonchev–Trinajstić information content (AvgIpc) is 2.84. The molecule has 1 aliphatic heterocycles. The van der Waals surface area contributed by atoms with Crippen LogP contribution in [0.2, 0.25) is 0 Å². The van der Waals surface area contributed by atoms with Gasteiger partial charge in [0.25, 0.3) is 5.91 Å². The number of likely N-dealkylation sites (tertiary alicyclic amines) is 1. The second kappa shape index (κ2) is 5.46. The molecule has 0 aromatic carbocycles. The van der Waals surface area contributed by atoms with E-state index in [9.17, 15) is 4.79 Å². The van der Waals surface area contributed by atoms with E-state index < -0.39 is 0 Å². The molecule has 0 radical (unpaired) electrons. The highest BCUT2D eigenvalue weighted by molar-refractivity contribution is 5.92. The molecule has 0 N–H and O–H groups in total. The van der Waals surface area contributed by atoms with Crippen LogP contribution in [-0.4, -0.2) is 34.1 Å². The van der Waals surface area contributed by atoms with Crippen LogP contribution in [0.15, 0.2) is 6.07 Å². The number of hydrogen-bond donors (Lipinski definition) is 0. The monoisotopic (exact) mass is 247 g/mol. The van der Waals surface area contributed by atoms with Crippen LogP contribution in [0, 0.1) is 12.8 Å². The van der Waals surface area contributed by atoms with Gasteiger partial charge in [-0.1, -0.05) is 13.8 Å². The molecule has 98 valence electrons. The lowest BCUT2D eigenvalue weighted by molar-refractivity contribution is 0.0785. The lowest BCUT2D eigenvalue weighted by atomic mass is 10.0. The van der Waals surface area contributed by atoms with Crippen LogP contribution in [-0.2, 0) is 6.42 Å². The van der Waals surface area contributed by atoms with Crippen LogP contribution in [0.3, 0.4) is 0 Å². The molecule has 1 aromatic heterocycles. The summed E-state index contributed by atoms with van der Waals surface area (Å²) >= 11 is 0. The van der Waals surface area contributed by atoms with Gasteiger partial charge in [0.2, 0.25) is 0 Å². The van der Waals surface area contributed by atoms with Gasteiger partial charge < -0.3 is 4.90 Å². The predicted octanol–water partition coefficient (Wildman–Crippen LogP) is 2.22. The van der Waals surface area contributed by atoms with Crippen molar-refractivity contribution in [2.45, 2.75) is 40.0 Å². The Hall–Kier alpha value is -1.45. The summed E-state index contributed by atoms with van der Waals surface area (Å²) in [6.07, 6.45) is 3.15. The van der Waals surface area contributed by atoms with E-state index in [1.165, 1.54) is 0 Å². The minimum absolute atomic E-state index is 0.0324. The van der Waals surface area contributed by atoms with E-state index in [2.05, 4.69) is 24.0 Å². The highest BCUT2D eigenvalue weighted by Gasteiger charge is 2.21. The Labute approximate surface area is 108 Å². The Kier molecular flexibility index (Phi) is 3.94. The van der Waals surface area contributed by atoms with Gasteiger partial charge in [0.15, 0.2) is 5.69 Å². The van der Waals surface area contributed by atoms with Crippen molar-refractivity contribution in [3.8, 4) is 0 Å². The van der Waals surface area contributed by atoms with Gasteiger partial charge in [-0.25, -0.2) is 0 Å². The molecular weight excluding hydrogens is 226 g/mol. The molecule has 2 heterocycles. The van der Waals surface area contributed by atoms with Crippen LogP contribution in [0.5, 0.6) is 0 Å². The predicted molar refractivity (Wildman–Crippen MR) is 70.4 cm³/mol. The van der Waals surface area contributed by atoms with Gasteiger partial charge in [-0.15, -0.1) is 5.10 Å². The largest absolute Gasteiger partial charge is 0.337 e. The Morgan fingerprint density at radius 1 is 1.33 bits per heavy atom. The summed E-state index contributed by atoms with van der Waals surface area (Å²) < 4.78 is 0. The van der Waals surface area contributed by atoms with Crippen molar-refractivity contribution < 1.29 is 4.79 Å². The fourth-order valence-electron chi connectivity index (χ4n) is 2.32. The summed E-state index contributed by atoms with van der Waals surface area (Å²) in [7, 11) is 0. The van der Waals surface area contributed by atoms with Crippen molar-refractivity contribution in [2.24, 2.45) is 5.92 Å². The van der Waals surface area contributed by atoms with Gasteiger partial charge in [0.05, 0.1) is 5.69 Å². The lowest BCUT2D eigenvalue weighted by Crippen LogP contribution is -2.29. The molecule has 4 heteroatoms. The highest BCUT2D eigenvalue weighted by atomic mass is 16.2. The highest BCUT2D eigenvalue weighted by Crippen LogP contribution is 2.15. The first-order valence-corrected chi connectivity index (χ1v) is 6.70. The van der Waals surface area contributed by atoms with Crippen molar-refractivity contribution in [3.05, 3.63) is 23.0 Å². The number of hydrogen-bond acceptors (Lipinski definition) is 3. The second-order valence-corrected chi connectivity index (χ2v) is 5.44. The van der Waals surface area contributed by atoms with Crippen LogP contribution in [0.1, 0.15) is 48.4 Å². The Bertz CT molecular complexity index is 437. The molecule has 1 fully saturated rings. The second-order valence-electron chi connectivity index (χ2n) is 5.44. The molecule has 18 heavy (non-hydrogen) atoms. The molecular formula is C14H21N3O. The molecule has 0 unspecified atom stereocenters. The molecule has 1 aliphatic rings. The van der Waals surface area contributed by atoms with E-state index in [0.717, 1.165) is 43.6 Å². The van der Waals surface area contributed by atoms with Gasteiger partial charge in [-0.3, -0.25) is 4.79 Å². The van der Waals surface area contributed by atoms with Crippen LogP contribution >= 0.6 is 0 Å². The van der Waals surface area contributed by atoms with E-state index in [-0.39, 0.29) is 5.91 Å². The van der Waals surface area contributed by atoms with Gasteiger partial charge in [0, 0.05) is 13.1 Å². The summed E-state index contributed by atoms with van der Waals surface area (Å²) in [5, 5.41) is 8.18. The zero-order chi connectivity index (χ0) is 13.1. The number of nitrogens with zero attached hydrogens (tertiary/aromatic N) is 3. The number of carbonyl (C=O) groups is 1. The van der Waals surface area contributed by atoms with Crippen LogP contribution < -0.4 is 0 Å². The smallest absolute Gasteiger partial charge is 0.274 e. The first-order chi connectivity index (χ1) is 8.58. The minimum Gasteiger partial charge on any atom is -0.337 e. The number of aryl methyl sites for hydroxylation is 1. The SMILES string of the molecule is Cc1nnc(C(=O)N2CCCC2)cc1CC(C)C. The molecule has 1 amide bonds. The number of amides is 1. The van der Waals surface area contributed by atoms with Gasteiger partial charge >= 0.3 is 0 Å². The fraction of sp³-hybridized carbons (Fsp3) is 0.643. The Morgan fingerprint density at radius 3 is 2.61 bits per heavy atom. The van der Waals surface area contributed by atoms with E-state index >= 15 is 0 Å². The van der Waals surface area contributed by atoms with Gasteiger partial charge in [-0.2, -0.15) is 5.10 Å². The minimum atomic E-state index is 0.0324. The third kappa shape index (κ3) is 2.86. The van der Waals surface area contributed by atoms with E-state index in [4.69, 9.17) is 0 Å². The summed E-state index contributed by atoms with van der Waals surface area (Å²) in [5.74, 6) is 0.590. The topological polar surface area (TPSA) is 46.1 Å². The van der Waals surface area contributed by atoms with Crippen LogP contribution in [0.4, 0.5) is 0 Å². The third-order valence-corrected chi connectivity index (χ3v) is 3.32. The number of aromatic nitrogens is 2. The van der Waals surface area contributed by atoms with Crippen molar-refractivity contribution in [3.63, 3.8) is 0 Å². The lowest BCUT2D eigenvalue weighted by Gasteiger charge is -2.15.